The van der Waals surface area contributed by atoms with Crippen LogP contribution >= 0.6 is 0 Å². The van der Waals surface area contributed by atoms with Crippen molar-refractivity contribution in [3.8, 4) is 0 Å². The topological polar surface area (TPSA) is 117 Å². The predicted octanol–water partition coefficient (Wildman–Crippen LogP) is 3.95. The first-order chi connectivity index (χ1) is 20.2. The molecule has 3 N–H and O–H groups in total. The third kappa shape index (κ3) is 8.04. The minimum Gasteiger partial charge on any atom is -0.466 e. The second-order valence-electron chi connectivity index (χ2n) is 10.7. The summed E-state index contributed by atoms with van der Waals surface area (Å²) >= 11 is 0. The molecule has 220 valence electrons. The van der Waals surface area contributed by atoms with Crippen LogP contribution in [-0.4, -0.2) is 55.8 Å². The molecule has 9 heteroatoms. The van der Waals surface area contributed by atoms with Crippen molar-refractivity contribution in [2.45, 2.75) is 44.6 Å². The lowest BCUT2D eigenvalue weighted by Crippen LogP contribution is -2.41. The van der Waals surface area contributed by atoms with Crippen molar-refractivity contribution in [2.75, 3.05) is 27.2 Å². The van der Waals surface area contributed by atoms with E-state index in [4.69, 9.17) is 0 Å². The molecule has 3 aromatic carbocycles. The Labute approximate surface area is 246 Å². The van der Waals surface area contributed by atoms with Crippen LogP contribution in [0.25, 0.3) is 10.8 Å². The number of carbonyl (C=O) groups is 4. The maximum atomic E-state index is 13.8. The molecule has 0 aliphatic carbocycles. The van der Waals surface area contributed by atoms with E-state index in [9.17, 15) is 19.2 Å². The van der Waals surface area contributed by atoms with Crippen LogP contribution in [0.1, 0.15) is 65.2 Å². The summed E-state index contributed by atoms with van der Waals surface area (Å²) in [6.45, 7) is 3.99. The van der Waals surface area contributed by atoms with Gasteiger partial charge in [0.2, 0.25) is 5.91 Å². The van der Waals surface area contributed by atoms with Crippen LogP contribution in [0.3, 0.4) is 0 Å². The smallest absolute Gasteiger partial charge is 0.330 e. The van der Waals surface area contributed by atoms with E-state index in [2.05, 4.69) is 57.1 Å². The number of rotatable bonds is 9. The second-order valence-corrected chi connectivity index (χ2v) is 10.7. The number of ether oxygens (including phenoxy) is 1. The van der Waals surface area contributed by atoms with Crippen LogP contribution in [0.2, 0.25) is 0 Å². The second kappa shape index (κ2) is 14.4. The fourth-order valence-corrected chi connectivity index (χ4v) is 5.29. The normalized spacial score (nSPS) is 14.8. The number of esters is 1. The molecule has 0 bridgehead atoms. The van der Waals surface area contributed by atoms with E-state index in [1.807, 2.05) is 43.3 Å². The number of methoxy groups -OCH3 is 1. The standard InChI is InChI=1S/C33H38N4O5/c1-22(27-10-6-8-24-7-4-5-9-28(24)27)34-33(41)29-21-26(23-17-19-37(2)20-18-23)12-11-25(29)13-14-30(38)35-36-31(39)15-16-32(40)42-3/h4-12,15-16,21-23H,13-14,17-20H2,1-3H3,(H,34,41)(H,35,38)(H,36,39)/b16-15+. The van der Waals surface area contributed by atoms with Gasteiger partial charge in [0.05, 0.1) is 13.2 Å². The molecule has 3 amide bonds. The number of nitrogens with zero attached hydrogens (tertiary/aromatic N) is 1. The van der Waals surface area contributed by atoms with E-state index >= 15 is 0 Å². The highest BCUT2D eigenvalue weighted by Gasteiger charge is 2.22. The quantitative estimate of drug-likeness (QED) is 0.204. The van der Waals surface area contributed by atoms with Gasteiger partial charge in [-0.3, -0.25) is 25.2 Å². The zero-order valence-electron chi connectivity index (χ0n) is 24.3. The fraction of sp³-hybridized carbons (Fsp3) is 0.333. The van der Waals surface area contributed by atoms with Crippen LogP contribution in [0.4, 0.5) is 0 Å². The Kier molecular flexibility index (Phi) is 10.4. The van der Waals surface area contributed by atoms with E-state index in [0.717, 1.165) is 65.5 Å². The summed E-state index contributed by atoms with van der Waals surface area (Å²) in [4.78, 5) is 51.5. The summed E-state index contributed by atoms with van der Waals surface area (Å²) < 4.78 is 4.44. The SMILES string of the molecule is COC(=O)/C=C/C(=O)NNC(=O)CCc1ccc(C2CCN(C)CC2)cc1C(=O)NC(C)c1cccc2ccccc12. The largest absolute Gasteiger partial charge is 0.466 e. The molecule has 3 aromatic rings. The van der Waals surface area contributed by atoms with Crippen molar-refractivity contribution in [3.63, 3.8) is 0 Å². The number of piperidine rings is 1. The molecule has 1 saturated heterocycles. The number of hydrogen-bond donors (Lipinski definition) is 3. The molecule has 1 unspecified atom stereocenters. The minimum absolute atomic E-state index is 0.0493. The molecule has 1 aliphatic rings. The maximum absolute atomic E-state index is 13.8. The van der Waals surface area contributed by atoms with E-state index in [-0.39, 0.29) is 18.4 Å². The number of likely N-dealkylation sites (tertiary alicyclic amines) is 1. The lowest BCUT2D eigenvalue weighted by Gasteiger charge is -2.29. The van der Waals surface area contributed by atoms with E-state index < -0.39 is 17.8 Å². The van der Waals surface area contributed by atoms with Crippen molar-refractivity contribution in [3.05, 3.63) is 95.1 Å². The Balaban J connectivity index is 1.49. The van der Waals surface area contributed by atoms with Gasteiger partial charge >= 0.3 is 5.97 Å². The van der Waals surface area contributed by atoms with Crippen molar-refractivity contribution in [1.29, 1.82) is 0 Å². The molecule has 42 heavy (non-hydrogen) atoms. The zero-order chi connectivity index (χ0) is 30.1. The Morgan fingerprint density at radius 3 is 2.48 bits per heavy atom. The van der Waals surface area contributed by atoms with E-state index in [1.165, 1.54) is 7.11 Å². The third-order valence-corrected chi connectivity index (χ3v) is 7.72. The number of hydrazine groups is 1. The summed E-state index contributed by atoms with van der Waals surface area (Å²) in [6, 6.07) is 19.9. The molecule has 0 saturated carbocycles. The van der Waals surface area contributed by atoms with Gasteiger partial charge in [-0.2, -0.15) is 0 Å². The van der Waals surface area contributed by atoms with Crippen molar-refractivity contribution < 1.29 is 23.9 Å². The van der Waals surface area contributed by atoms with Gasteiger partial charge < -0.3 is 15.0 Å². The molecule has 1 heterocycles. The highest BCUT2D eigenvalue weighted by Crippen LogP contribution is 2.30. The number of amides is 3. The summed E-state index contributed by atoms with van der Waals surface area (Å²) in [7, 11) is 3.32. The summed E-state index contributed by atoms with van der Waals surface area (Å²) in [5.74, 6) is -1.60. The molecule has 0 aromatic heterocycles. The van der Waals surface area contributed by atoms with Crippen molar-refractivity contribution in [2.24, 2.45) is 0 Å². The Bertz CT molecular complexity index is 1470. The number of benzene rings is 3. The number of carbonyl (C=O) groups excluding carboxylic acids is 4. The average Bonchev–Trinajstić information content (AvgIpc) is 3.01. The first kappa shape index (κ1) is 30.5. The van der Waals surface area contributed by atoms with Crippen LogP contribution in [0.5, 0.6) is 0 Å². The third-order valence-electron chi connectivity index (χ3n) is 7.72. The van der Waals surface area contributed by atoms with E-state index in [1.54, 1.807) is 0 Å². The number of hydrogen-bond acceptors (Lipinski definition) is 6. The maximum Gasteiger partial charge on any atom is 0.330 e. The van der Waals surface area contributed by atoms with Gasteiger partial charge in [0, 0.05) is 24.1 Å². The first-order valence-electron chi connectivity index (χ1n) is 14.2. The van der Waals surface area contributed by atoms with Gasteiger partial charge in [-0.15, -0.1) is 0 Å². The monoisotopic (exact) mass is 570 g/mol. The fourth-order valence-electron chi connectivity index (χ4n) is 5.29. The average molecular weight is 571 g/mol. The van der Waals surface area contributed by atoms with Crippen LogP contribution in [0, 0.1) is 0 Å². The minimum atomic E-state index is -0.680. The Hall–Kier alpha value is -4.50. The highest BCUT2D eigenvalue weighted by atomic mass is 16.5. The number of nitrogens with one attached hydrogen (secondary N) is 3. The lowest BCUT2D eigenvalue weighted by molar-refractivity contribution is -0.135. The van der Waals surface area contributed by atoms with E-state index in [0.29, 0.717) is 17.9 Å². The number of fused-ring (bicyclic) bond motifs is 1. The Morgan fingerprint density at radius 1 is 0.976 bits per heavy atom. The number of aryl methyl sites for hydroxylation is 1. The lowest BCUT2D eigenvalue weighted by atomic mass is 9.87. The van der Waals surface area contributed by atoms with Gasteiger partial charge in [-0.05, 0) is 85.8 Å². The summed E-state index contributed by atoms with van der Waals surface area (Å²) in [5, 5.41) is 5.39. The van der Waals surface area contributed by atoms with Crippen LogP contribution in [-0.2, 0) is 25.5 Å². The molecule has 0 spiro atoms. The zero-order valence-corrected chi connectivity index (χ0v) is 24.3. The summed E-state index contributed by atoms with van der Waals surface area (Å²) in [6.07, 6.45) is 4.32. The molecule has 1 atom stereocenters. The van der Waals surface area contributed by atoms with Gasteiger partial charge in [0.15, 0.2) is 0 Å². The predicted molar refractivity (Wildman–Crippen MR) is 162 cm³/mol. The van der Waals surface area contributed by atoms with Crippen LogP contribution in [0.15, 0.2) is 72.8 Å². The summed E-state index contributed by atoms with van der Waals surface area (Å²) in [5.41, 5.74) is 8.03. The van der Waals surface area contributed by atoms with Crippen LogP contribution < -0.4 is 16.2 Å². The molecule has 9 nitrogen and oxygen atoms in total. The highest BCUT2D eigenvalue weighted by molar-refractivity contribution is 5.97. The molecule has 4 rings (SSSR count). The van der Waals surface area contributed by atoms with Gasteiger partial charge in [-0.25, -0.2) is 4.79 Å². The molecule has 1 aliphatic heterocycles. The van der Waals surface area contributed by atoms with Gasteiger partial charge in [0.25, 0.3) is 11.8 Å². The van der Waals surface area contributed by atoms with Gasteiger partial charge in [-0.1, -0.05) is 54.6 Å². The molecule has 1 fully saturated rings. The van der Waals surface area contributed by atoms with Crippen molar-refractivity contribution in [1.82, 2.24) is 21.1 Å². The molecular formula is C33H38N4O5. The molecular weight excluding hydrogens is 532 g/mol. The first-order valence-corrected chi connectivity index (χ1v) is 14.2. The molecule has 0 radical (unpaired) electrons. The Morgan fingerprint density at radius 2 is 1.71 bits per heavy atom. The van der Waals surface area contributed by atoms with Crippen molar-refractivity contribution >= 4 is 34.5 Å². The van der Waals surface area contributed by atoms with Gasteiger partial charge in [0.1, 0.15) is 0 Å².